The summed E-state index contributed by atoms with van der Waals surface area (Å²) in [6, 6.07) is 18.5. The molecule has 26 heavy (non-hydrogen) atoms. The van der Waals surface area contributed by atoms with Gasteiger partial charge in [-0.3, -0.25) is 19.7 Å². The molecule has 0 saturated carbocycles. The summed E-state index contributed by atoms with van der Waals surface area (Å²) in [7, 11) is 0. The highest BCUT2D eigenvalue weighted by atomic mass is 16.2. The monoisotopic (exact) mass is 350 g/mol. The molecule has 2 N–H and O–H groups in total. The molecule has 0 atom stereocenters. The van der Waals surface area contributed by atoms with Gasteiger partial charge in [-0.1, -0.05) is 54.6 Å². The zero-order valence-electron chi connectivity index (χ0n) is 14.5. The van der Waals surface area contributed by atoms with Crippen molar-refractivity contribution >= 4 is 17.7 Å². The molecule has 2 aromatic rings. The van der Waals surface area contributed by atoms with Gasteiger partial charge in [0.1, 0.15) is 0 Å². The highest BCUT2D eigenvalue weighted by Gasteiger charge is 2.26. The summed E-state index contributed by atoms with van der Waals surface area (Å²) < 4.78 is 0. The first kappa shape index (κ1) is 17.9. The Balaban J connectivity index is 1.44. The first-order valence-corrected chi connectivity index (χ1v) is 8.84. The van der Waals surface area contributed by atoms with Gasteiger partial charge in [-0.2, -0.15) is 0 Å². The van der Waals surface area contributed by atoms with Crippen molar-refractivity contribution in [2.24, 2.45) is 5.92 Å². The van der Waals surface area contributed by atoms with E-state index in [4.69, 9.17) is 0 Å². The van der Waals surface area contributed by atoms with E-state index in [-0.39, 0.29) is 42.9 Å². The van der Waals surface area contributed by atoms with Gasteiger partial charge in [0.05, 0.1) is 0 Å². The van der Waals surface area contributed by atoms with Crippen LogP contribution in [0.25, 0.3) is 11.1 Å². The number of rotatable bonds is 6. The molecule has 2 aromatic carbocycles. The van der Waals surface area contributed by atoms with E-state index in [1.165, 1.54) is 11.1 Å². The number of carbonyl (C=O) groups is 3. The number of nitrogens with one attached hydrogen (secondary N) is 2. The summed E-state index contributed by atoms with van der Waals surface area (Å²) in [6.45, 7) is 0.538. The predicted molar refractivity (Wildman–Crippen MR) is 99.1 cm³/mol. The number of amides is 3. The lowest BCUT2D eigenvalue weighted by Crippen LogP contribution is -2.40. The minimum absolute atomic E-state index is 0.113. The molecule has 1 saturated heterocycles. The summed E-state index contributed by atoms with van der Waals surface area (Å²) in [5.74, 6) is -0.894. The molecule has 0 aromatic heterocycles. The van der Waals surface area contributed by atoms with Crippen LogP contribution in [0.15, 0.2) is 54.6 Å². The molecule has 0 radical (unpaired) electrons. The molecular weight excluding hydrogens is 328 g/mol. The fraction of sp³-hybridized carbons (Fsp3) is 0.286. The maximum absolute atomic E-state index is 12.0. The number of carbonyl (C=O) groups excluding carboxylic acids is 3. The second-order valence-electron chi connectivity index (χ2n) is 6.61. The topological polar surface area (TPSA) is 75.3 Å². The van der Waals surface area contributed by atoms with Crippen molar-refractivity contribution in [1.29, 1.82) is 0 Å². The maximum atomic E-state index is 12.0. The molecule has 1 aliphatic heterocycles. The normalized spacial score (nSPS) is 14.8. The summed E-state index contributed by atoms with van der Waals surface area (Å²) in [5.41, 5.74) is 3.49. The second-order valence-corrected chi connectivity index (χ2v) is 6.61. The Bertz CT molecular complexity index is 769. The first-order valence-electron chi connectivity index (χ1n) is 8.84. The Labute approximate surface area is 152 Å². The fourth-order valence-electron chi connectivity index (χ4n) is 3.17. The Kier molecular flexibility index (Phi) is 5.79. The van der Waals surface area contributed by atoms with E-state index in [2.05, 4.69) is 47.0 Å². The van der Waals surface area contributed by atoms with Crippen molar-refractivity contribution in [3.63, 3.8) is 0 Å². The van der Waals surface area contributed by atoms with Crippen LogP contribution in [0.2, 0.25) is 0 Å². The third-order valence-electron chi connectivity index (χ3n) is 4.50. The van der Waals surface area contributed by atoms with Gasteiger partial charge in [-0.05, 0) is 29.0 Å². The molecule has 0 unspecified atom stereocenters. The molecule has 5 heteroatoms. The molecular formula is C21H22N2O3. The van der Waals surface area contributed by atoms with Gasteiger partial charge in [-0.25, -0.2) is 0 Å². The predicted octanol–water partition coefficient (Wildman–Crippen LogP) is 2.46. The molecule has 1 fully saturated rings. The van der Waals surface area contributed by atoms with E-state index in [9.17, 15) is 14.4 Å². The minimum atomic E-state index is -0.294. The number of imide groups is 1. The minimum Gasteiger partial charge on any atom is -0.356 e. The average molecular weight is 350 g/mol. The third-order valence-corrected chi connectivity index (χ3v) is 4.50. The Morgan fingerprint density at radius 2 is 1.54 bits per heavy atom. The molecule has 3 amide bonds. The molecule has 1 aliphatic rings. The molecule has 0 aliphatic carbocycles. The fourth-order valence-corrected chi connectivity index (χ4v) is 3.17. The van der Waals surface area contributed by atoms with E-state index in [1.54, 1.807) is 0 Å². The molecule has 1 heterocycles. The van der Waals surface area contributed by atoms with E-state index in [0.717, 1.165) is 12.0 Å². The Hall–Kier alpha value is -2.95. The van der Waals surface area contributed by atoms with E-state index in [0.29, 0.717) is 6.54 Å². The zero-order chi connectivity index (χ0) is 18.4. The lowest BCUT2D eigenvalue weighted by molar-refractivity contribution is -0.135. The van der Waals surface area contributed by atoms with E-state index >= 15 is 0 Å². The summed E-state index contributed by atoms with van der Waals surface area (Å²) in [5, 5.41) is 5.13. The number of piperidine rings is 1. The van der Waals surface area contributed by atoms with E-state index < -0.39 is 0 Å². The van der Waals surface area contributed by atoms with Crippen molar-refractivity contribution in [2.75, 3.05) is 6.54 Å². The largest absolute Gasteiger partial charge is 0.356 e. The van der Waals surface area contributed by atoms with Crippen molar-refractivity contribution < 1.29 is 14.4 Å². The van der Waals surface area contributed by atoms with E-state index in [1.807, 2.05) is 18.2 Å². The maximum Gasteiger partial charge on any atom is 0.226 e. The van der Waals surface area contributed by atoms with Gasteiger partial charge in [0.25, 0.3) is 0 Å². The van der Waals surface area contributed by atoms with Gasteiger partial charge in [-0.15, -0.1) is 0 Å². The Morgan fingerprint density at radius 3 is 2.19 bits per heavy atom. The van der Waals surface area contributed by atoms with Gasteiger partial charge < -0.3 is 5.32 Å². The van der Waals surface area contributed by atoms with Gasteiger partial charge in [0.2, 0.25) is 17.7 Å². The van der Waals surface area contributed by atoms with Crippen LogP contribution in [0, 0.1) is 5.92 Å². The SMILES string of the molecule is O=C(CC1CC(=O)NC(=O)C1)NCCc1ccc(-c2ccccc2)cc1. The van der Waals surface area contributed by atoms with Crippen molar-refractivity contribution in [1.82, 2.24) is 10.6 Å². The van der Waals surface area contributed by atoms with Crippen LogP contribution in [0.4, 0.5) is 0 Å². The van der Waals surface area contributed by atoms with Gasteiger partial charge in [0, 0.05) is 25.8 Å². The van der Waals surface area contributed by atoms with Crippen LogP contribution in [0.3, 0.4) is 0 Å². The summed E-state index contributed by atoms with van der Waals surface area (Å²) >= 11 is 0. The number of hydrogen-bond acceptors (Lipinski definition) is 3. The molecule has 134 valence electrons. The zero-order valence-corrected chi connectivity index (χ0v) is 14.5. The highest BCUT2D eigenvalue weighted by Crippen LogP contribution is 2.19. The quantitative estimate of drug-likeness (QED) is 0.786. The standard InChI is InChI=1S/C21H22N2O3/c24-19(12-16-13-20(25)23-21(26)14-16)22-11-10-15-6-8-18(9-7-15)17-4-2-1-3-5-17/h1-9,16H,10-14H2,(H,22,24)(H,23,25,26). The van der Waals surface area contributed by atoms with Crippen LogP contribution in [-0.2, 0) is 20.8 Å². The van der Waals surface area contributed by atoms with Crippen LogP contribution in [0.1, 0.15) is 24.8 Å². The molecule has 0 bridgehead atoms. The van der Waals surface area contributed by atoms with Crippen molar-refractivity contribution in [2.45, 2.75) is 25.7 Å². The molecule has 0 spiro atoms. The highest BCUT2D eigenvalue weighted by molar-refractivity contribution is 5.98. The van der Waals surface area contributed by atoms with Crippen LogP contribution in [0.5, 0.6) is 0 Å². The lowest BCUT2D eigenvalue weighted by Gasteiger charge is -2.20. The number of benzene rings is 2. The smallest absolute Gasteiger partial charge is 0.226 e. The average Bonchev–Trinajstić information content (AvgIpc) is 2.62. The summed E-state index contributed by atoms with van der Waals surface area (Å²) in [6.07, 6.45) is 1.43. The van der Waals surface area contributed by atoms with Crippen molar-refractivity contribution in [3.05, 3.63) is 60.2 Å². The van der Waals surface area contributed by atoms with Crippen molar-refractivity contribution in [3.8, 4) is 11.1 Å². The van der Waals surface area contributed by atoms with Gasteiger partial charge in [0.15, 0.2) is 0 Å². The third kappa shape index (κ3) is 5.02. The summed E-state index contributed by atoms with van der Waals surface area (Å²) in [4.78, 5) is 34.7. The van der Waals surface area contributed by atoms with Crippen LogP contribution >= 0.6 is 0 Å². The van der Waals surface area contributed by atoms with Crippen LogP contribution < -0.4 is 10.6 Å². The number of hydrogen-bond donors (Lipinski definition) is 2. The molecule has 3 rings (SSSR count). The second kappa shape index (κ2) is 8.43. The first-order chi connectivity index (χ1) is 12.6. The Morgan fingerprint density at radius 1 is 0.923 bits per heavy atom. The lowest BCUT2D eigenvalue weighted by atomic mass is 9.93. The van der Waals surface area contributed by atoms with Gasteiger partial charge >= 0.3 is 0 Å². The van der Waals surface area contributed by atoms with Crippen LogP contribution in [-0.4, -0.2) is 24.3 Å². The molecule has 5 nitrogen and oxygen atoms in total.